The second kappa shape index (κ2) is 6.07. The molecule has 23 heavy (non-hydrogen) atoms. The molecule has 1 aliphatic heterocycles. The third-order valence-electron chi connectivity index (χ3n) is 5.13. The van der Waals surface area contributed by atoms with Crippen LogP contribution in [0.25, 0.3) is 0 Å². The number of carbonyl (C=O) groups is 2. The Bertz CT molecular complexity index is 674. The number of hydrogen-bond acceptors (Lipinski definition) is 3. The van der Waals surface area contributed by atoms with E-state index < -0.39 is 22.2 Å². The van der Waals surface area contributed by atoms with Gasteiger partial charge in [0.15, 0.2) is 0 Å². The highest BCUT2D eigenvalue weighted by Gasteiger charge is 2.55. The Morgan fingerprint density at radius 2 is 2.22 bits per heavy atom. The van der Waals surface area contributed by atoms with Crippen LogP contribution in [0.4, 0.5) is 0 Å². The highest BCUT2D eigenvalue weighted by atomic mass is 32.2. The largest absolute Gasteiger partial charge is 0.481 e. The minimum absolute atomic E-state index is 0.0651. The molecule has 1 heterocycles. The number of carbonyl (C=O) groups excluding carboxylic acids is 1. The molecule has 5 nitrogen and oxygen atoms in total. The van der Waals surface area contributed by atoms with E-state index in [1.54, 1.807) is 29.4 Å². The smallest absolute Gasteiger partial charge is 0.311 e. The zero-order chi connectivity index (χ0) is 16.6. The Kier molecular flexibility index (Phi) is 4.27. The maximum absolute atomic E-state index is 12.7. The van der Waals surface area contributed by atoms with Gasteiger partial charge in [0.05, 0.1) is 5.41 Å². The van der Waals surface area contributed by atoms with E-state index in [4.69, 9.17) is 0 Å². The summed E-state index contributed by atoms with van der Waals surface area (Å²) in [5.41, 5.74) is 0.663. The zero-order valence-corrected chi connectivity index (χ0v) is 14.0. The molecule has 1 saturated carbocycles. The van der Waals surface area contributed by atoms with E-state index in [-0.39, 0.29) is 11.8 Å². The Hall–Kier alpha value is -1.69. The van der Waals surface area contributed by atoms with Crippen molar-refractivity contribution in [2.24, 2.45) is 11.3 Å². The maximum atomic E-state index is 12.7. The minimum Gasteiger partial charge on any atom is -0.481 e. The number of benzene rings is 1. The van der Waals surface area contributed by atoms with E-state index in [1.807, 2.05) is 6.07 Å². The van der Waals surface area contributed by atoms with Gasteiger partial charge in [-0.3, -0.25) is 13.8 Å². The van der Waals surface area contributed by atoms with Crippen LogP contribution in [-0.4, -0.2) is 45.4 Å². The first kappa shape index (κ1) is 16.2. The molecule has 0 bridgehead atoms. The summed E-state index contributed by atoms with van der Waals surface area (Å²) in [6.45, 7) is 0.824. The Balaban J connectivity index is 1.80. The lowest BCUT2D eigenvalue weighted by Gasteiger charge is -2.23. The van der Waals surface area contributed by atoms with Crippen molar-refractivity contribution in [2.75, 3.05) is 19.3 Å². The van der Waals surface area contributed by atoms with Gasteiger partial charge in [-0.25, -0.2) is 0 Å². The van der Waals surface area contributed by atoms with Gasteiger partial charge >= 0.3 is 5.97 Å². The molecule has 1 unspecified atom stereocenters. The third-order valence-corrected chi connectivity index (χ3v) is 5.87. The standard InChI is InChI=1S/C17H21NO4S/c1-23(22)10-12-4-2-5-13(8-12)15(19)18-9-14-6-3-7-17(14,11-18)16(20)21/h2,4-5,8,14H,3,6-7,9-11H2,1H3,(H,20,21)/t14-,17+,23?/m0/s1. The number of fused-ring (bicyclic) bond motifs is 1. The molecule has 3 atom stereocenters. The van der Waals surface area contributed by atoms with Crippen molar-refractivity contribution in [2.45, 2.75) is 25.0 Å². The van der Waals surface area contributed by atoms with Crippen molar-refractivity contribution in [3.63, 3.8) is 0 Å². The van der Waals surface area contributed by atoms with Gasteiger partial charge in [-0.05, 0) is 36.5 Å². The Labute approximate surface area is 138 Å². The number of aliphatic carboxylic acids is 1. The van der Waals surface area contributed by atoms with Gasteiger partial charge in [0.25, 0.3) is 5.91 Å². The molecule has 0 spiro atoms. The fourth-order valence-corrected chi connectivity index (χ4v) is 4.65. The SMILES string of the molecule is CS(=O)Cc1cccc(C(=O)N2C[C@@H]3CCC[C@@]3(C(=O)O)C2)c1. The van der Waals surface area contributed by atoms with Gasteiger partial charge < -0.3 is 10.0 Å². The summed E-state index contributed by atoms with van der Waals surface area (Å²) in [6, 6.07) is 7.16. The van der Waals surface area contributed by atoms with Crippen LogP contribution < -0.4 is 0 Å². The Morgan fingerprint density at radius 1 is 1.43 bits per heavy atom. The molecule has 124 valence electrons. The molecule has 6 heteroatoms. The van der Waals surface area contributed by atoms with E-state index in [9.17, 15) is 18.9 Å². The Morgan fingerprint density at radius 3 is 2.87 bits per heavy atom. The first-order valence-electron chi connectivity index (χ1n) is 7.84. The van der Waals surface area contributed by atoms with Crippen LogP contribution in [0.1, 0.15) is 35.2 Å². The van der Waals surface area contributed by atoms with Crippen molar-refractivity contribution < 1.29 is 18.9 Å². The highest BCUT2D eigenvalue weighted by Crippen LogP contribution is 2.49. The van der Waals surface area contributed by atoms with Crippen LogP contribution in [0.5, 0.6) is 0 Å². The van der Waals surface area contributed by atoms with Crippen LogP contribution in [-0.2, 0) is 21.3 Å². The summed E-state index contributed by atoms with van der Waals surface area (Å²) in [6.07, 6.45) is 4.10. The van der Waals surface area contributed by atoms with E-state index in [1.165, 1.54) is 0 Å². The zero-order valence-electron chi connectivity index (χ0n) is 13.2. The topological polar surface area (TPSA) is 74.7 Å². The van der Waals surface area contributed by atoms with Gasteiger partial charge in [-0.15, -0.1) is 0 Å². The monoisotopic (exact) mass is 335 g/mol. The summed E-state index contributed by atoms with van der Waals surface area (Å²) < 4.78 is 11.4. The molecule has 1 amide bonds. The van der Waals surface area contributed by atoms with Crippen molar-refractivity contribution in [3.05, 3.63) is 35.4 Å². The summed E-state index contributed by atoms with van der Waals surface area (Å²) in [5.74, 6) is -0.410. The van der Waals surface area contributed by atoms with E-state index in [0.717, 1.165) is 18.4 Å². The summed E-state index contributed by atoms with van der Waals surface area (Å²) >= 11 is 0. The molecule has 2 fully saturated rings. The van der Waals surface area contributed by atoms with E-state index in [2.05, 4.69) is 0 Å². The molecule has 1 aliphatic carbocycles. The van der Waals surface area contributed by atoms with Crippen LogP contribution in [0.3, 0.4) is 0 Å². The minimum atomic E-state index is -0.959. The number of rotatable bonds is 4. The number of hydrogen-bond donors (Lipinski definition) is 1. The maximum Gasteiger partial charge on any atom is 0.311 e. The highest BCUT2D eigenvalue weighted by molar-refractivity contribution is 7.83. The number of amides is 1. The average molecular weight is 335 g/mol. The van der Waals surface area contributed by atoms with Crippen molar-refractivity contribution >= 4 is 22.7 Å². The molecular formula is C17H21NO4S. The van der Waals surface area contributed by atoms with Crippen LogP contribution >= 0.6 is 0 Å². The molecule has 0 aromatic heterocycles. The van der Waals surface area contributed by atoms with E-state index in [0.29, 0.717) is 30.8 Å². The second-order valence-electron chi connectivity index (χ2n) is 6.65. The summed E-state index contributed by atoms with van der Waals surface area (Å²) in [5, 5.41) is 9.62. The van der Waals surface area contributed by atoms with Crippen molar-refractivity contribution in [1.29, 1.82) is 0 Å². The lowest BCUT2D eigenvalue weighted by molar-refractivity contribution is -0.149. The van der Waals surface area contributed by atoms with Crippen molar-refractivity contribution in [1.82, 2.24) is 4.90 Å². The number of carboxylic acid groups (broad SMARTS) is 1. The fourth-order valence-electron chi connectivity index (χ4n) is 4.01. The van der Waals surface area contributed by atoms with Gasteiger partial charge in [0.1, 0.15) is 0 Å². The average Bonchev–Trinajstić information content (AvgIpc) is 3.04. The van der Waals surface area contributed by atoms with E-state index >= 15 is 0 Å². The summed E-state index contributed by atoms with van der Waals surface area (Å²) in [7, 11) is -0.959. The first-order chi connectivity index (χ1) is 10.9. The van der Waals surface area contributed by atoms with Crippen LogP contribution in [0.15, 0.2) is 24.3 Å². The molecule has 2 aliphatic rings. The van der Waals surface area contributed by atoms with Gasteiger partial charge in [-0.2, -0.15) is 0 Å². The number of likely N-dealkylation sites (tertiary alicyclic amines) is 1. The first-order valence-corrected chi connectivity index (χ1v) is 9.57. The van der Waals surface area contributed by atoms with Crippen LogP contribution in [0, 0.1) is 11.3 Å². The predicted octanol–water partition coefficient (Wildman–Crippen LogP) is 1.89. The second-order valence-corrected chi connectivity index (χ2v) is 8.09. The van der Waals surface area contributed by atoms with Gasteiger partial charge in [0, 0.05) is 41.5 Å². The third kappa shape index (κ3) is 2.92. The molecule has 0 radical (unpaired) electrons. The molecule has 1 N–H and O–H groups in total. The predicted molar refractivity (Wildman–Crippen MR) is 87.5 cm³/mol. The fraction of sp³-hybridized carbons (Fsp3) is 0.529. The van der Waals surface area contributed by atoms with Gasteiger partial charge in [0.2, 0.25) is 0 Å². The number of carboxylic acids is 1. The molecule has 1 aromatic carbocycles. The quantitative estimate of drug-likeness (QED) is 0.912. The molecular weight excluding hydrogens is 314 g/mol. The lowest BCUT2D eigenvalue weighted by atomic mass is 9.81. The van der Waals surface area contributed by atoms with Gasteiger partial charge in [-0.1, -0.05) is 18.6 Å². The lowest BCUT2D eigenvalue weighted by Crippen LogP contribution is -2.37. The van der Waals surface area contributed by atoms with Crippen LogP contribution in [0.2, 0.25) is 0 Å². The normalized spacial score (nSPS) is 27.7. The summed E-state index contributed by atoms with van der Waals surface area (Å²) in [4.78, 5) is 26.1. The molecule has 1 aromatic rings. The van der Waals surface area contributed by atoms with Crippen molar-refractivity contribution in [3.8, 4) is 0 Å². The molecule has 1 saturated heterocycles. The number of nitrogens with zero attached hydrogens (tertiary/aromatic N) is 1. The molecule has 3 rings (SSSR count).